The predicted molar refractivity (Wildman–Crippen MR) is 76.9 cm³/mol. The van der Waals surface area contributed by atoms with Gasteiger partial charge in [0.25, 0.3) is 0 Å². The molecule has 0 spiro atoms. The van der Waals surface area contributed by atoms with Crippen LogP contribution in [0.4, 0.5) is 0 Å². The van der Waals surface area contributed by atoms with Crippen LogP contribution in [-0.4, -0.2) is 25.7 Å². The lowest BCUT2D eigenvalue weighted by Gasteiger charge is -2.31. The average molecular weight is 303 g/mol. The van der Waals surface area contributed by atoms with Crippen molar-refractivity contribution in [1.82, 2.24) is 4.72 Å². The summed E-state index contributed by atoms with van der Waals surface area (Å²) in [6.07, 6.45) is 5.26. The van der Waals surface area contributed by atoms with E-state index in [0.29, 0.717) is 17.1 Å². The summed E-state index contributed by atoms with van der Waals surface area (Å²) in [4.78, 5) is 1.05. The fourth-order valence-corrected chi connectivity index (χ4v) is 4.84. The lowest BCUT2D eigenvalue weighted by molar-refractivity contribution is 0.00946. The predicted octanol–water partition coefficient (Wildman–Crippen LogP) is 2.28. The maximum Gasteiger partial charge on any atom is 0.250 e. The van der Waals surface area contributed by atoms with Crippen molar-refractivity contribution in [2.24, 2.45) is 0 Å². The van der Waals surface area contributed by atoms with Crippen molar-refractivity contribution in [3.05, 3.63) is 17.0 Å². The van der Waals surface area contributed by atoms with Gasteiger partial charge in [-0.25, -0.2) is 13.1 Å². The minimum absolute atomic E-state index is 0.120. The van der Waals surface area contributed by atoms with Gasteiger partial charge >= 0.3 is 0 Å². The largest absolute Gasteiger partial charge is 0.389 e. The molecule has 1 aliphatic rings. The van der Waals surface area contributed by atoms with Crippen molar-refractivity contribution < 1.29 is 13.5 Å². The van der Waals surface area contributed by atoms with Crippen LogP contribution in [0.15, 0.2) is 16.3 Å². The molecule has 0 saturated heterocycles. The number of nitrogens with one attached hydrogen (secondary N) is 1. The van der Waals surface area contributed by atoms with Gasteiger partial charge in [-0.05, 0) is 31.4 Å². The lowest BCUT2D eigenvalue weighted by atomic mass is 9.85. The van der Waals surface area contributed by atoms with E-state index in [2.05, 4.69) is 4.72 Å². The zero-order valence-electron chi connectivity index (χ0n) is 11.2. The van der Waals surface area contributed by atoms with Crippen molar-refractivity contribution in [2.75, 3.05) is 6.54 Å². The quantitative estimate of drug-likeness (QED) is 0.877. The molecule has 1 aliphatic carbocycles. The Morgan fingerprint density at radius 3 is 2.58 bits per heavy atom. The van der Waals surface area contributed by atoms with Gasteiger partial charge in [0.15, 0.2) is 0 Å². The van der Waals surface area contributed by atoms with E-state index < -0.39 is 15.6 Å². The standard InChI is InChI=1S/C13H21NO3S2/c1-2-11-6-7-12(18-11)19(16,17)14-10-13(15)8-4-3-5-9-13/h6-7,14-15H,2-5,8-10H2,1H3. The van der Waals surface area contributed by atoms with E-state index in [4.69, 9.17) is 0 Å². The summed E-state index contributed by atoms with van der Waals surface area (Å²) in [6, 6.07) is 3.48. The number of hydrogen-bond donors (Lipinski definition) is 2. The first kappa shape index (κ1) is 15.0. The molecule has 1 aromatic heterocycles. The van der Waals surface area contributed by atoms with Gasteiger partial charge in [0.1, 0.15) is 4.21 Å². The molecule has 6 heteroatoms. The molecule has 19 heavy (non-hydrogen) atoms. The van der Waals surface area contributed by atoms with Crippen LogP contribution in [0.5, 0.6) is 0 Å². The molecule has 0 aliphatic heterocycles. The average Bonchev–Trinajstić information content (AvgIpc) is 2.87. The van der Waals surface area contributed by atoms with E-state index in [1.54, 1.807) is 6.07 Å². The van der Waals surface area contributed by atoms with E-state index in [1.165, 1.54) is 11.3 Å². The summed E-state index contributed by atoms with van der Waals surface area (Å²) < 4.78 is 27.2. The zero-order valence-corrected chi connectivity index (χ0v) is 12.8. The number of rotatable bonds is 5. The maximum atomic E-state index is 12.1. The first-order chi connectivity index (χ1) is 8.95. The smallest absolute Gasteiger partial charge is 0.250 e. The molecule has 1 saturated carbocycles. The number of thiophene rings is 1. The third kappa shape index (κ3) is 3.78. The minimum atomic E-state index is -3.48. The van der Waals surface area contributed by atoms with Gasteiger partial charge in [-0.2, -0.15) is 0 Å². The molecular formula is C13H21NO3S2. The summed E-state index contributed by atoms with van der Waals surface area (Å²) in [6.45, 7) is 2.12. The lowest BCUT2D eigenvalue weighted by Crippen LogP contribution is -2.44. The molecular weight excluding hydrogens is 282 g/mol. The van der Waals surface area contributed by atoms with Crippen LogP contribution in [0.25, 0.3) is 0 Å². The van der Waals surface area contributed by atoms with Crippen molar-refractivity contribution in [3.63, 3.8) is 0 Å². The van der Waals surface area contributed by atoms with Crippen molar-refractivity contribution in [1.29, 1.82) is 0 Å². The second kappa shape index (κ2) is 5.91. The van der Waals surface area contributed by atoms with Crippen LogP contribution in [0.2, 0.25) is 0 Å². The van der Waals surface area contributed by atoms with E-state index in [1.807, 2.05) is 13.0 Å². The van der Waals surface area contributed by atoms with Crippen LogP contribution in [-0.2, 0) is 16.4 Å². The van der Waals surface area contributed by atoms with Crippen molar-refractivity contribution in [3.8, 4) is 0 Å². The number of aryl methyl sites for hydroxylation is 1. The molecule has 1 fully saturated rings. The third-order valence-corrected chi connectivity index (χ3v) is 6.75. The van der Waals surface area contributed by atoms with Gasteiger partial charge in [-0.1, -0.05) is 26.2 Å². The second-order valence-electron chi connectivity index (χ2n) is 5.18. The van der Waals surface area contributed by atoms with Crippen LogP contribution in [0.1, 0.15) is 43.9 Å². The third-order valence-electron chi connectivity index (χ3n) is 3.63. The Kier molecular flexibility index (Phi) is 4.66. The number of sulfonamides is 1. The molecule has 0 aromatic carbocycles. The summed E-state index contributed by atoms with van der Waals surface area (Å²) in [7, 11) is -3.48. The van der Waals surface area contributed by atoms with Crippen molar-refractivity contribution in [2.45, 2.75) is 55.3 Å². The fourth-order valence-electron chi connectivity index (χ4n) is 2.38. The van der Waals surface area contributed by atoms with Gasteiger partial charge in [0, 0.05) is 11.4 Å². The summed E-state index contributed by atoms with van der Waals surface area (Å²) in [5.41, 5.74) is -0.865. The van der Waals surface area contributed by atoms with Gasteiger partial charge in [0.05, 0.1) is 5.60 Å². The number of hydrogen-bond acceptors (Lipinski definition) is 4. The van der Waals surface area contributed by atoms with Crippen LogP contribution >= 0.6 is 11.3 Å². The van der Waals surface area contributed by atoms with Gasteiger partial charge in [0.2, 0.25) is 10.0 Å². The SMILES string of the molecule is CCc1ccc(S(=O)(=O)NCC2(O)CCCCC2)s1. The Balaban J connectivity index is 2.01. The summed E-state index contributed by atoms with van der Waals surface area (Å²) in [5, 5.41) is 10.3. The zero-order chi connectivity index (χ0) is 13.9. The Morgan fingerprint density at radius 2 is 2.00 bits per heavy atom. The first-order valence-corrected chi connectivity index (χ1v) is 9.06. The molecule has 4 nitrogen and oxygen atoms in total. The normalized spacial score (nSPS) is 19.5. The van der Waals surface area contributed by atoms with E-state index in [9.17, 15) is 13.5 Å². The Morgan fingerprint density at radius 1 is 1.32 bits per heavy atom. The molecule has 2 N–H and O–H groups in total. The first-order valence-electron chi connectivity index (χ1n) is 6.76. The van der Waals surface area contributed by atoms with Crippen LogP contribution < -0.4 is 4.72 Å². The van der Waals surface area contributed by atoms with Crippen LogP contribution in [0, 0.1) is 0 Å². The topological polar surface area (TPSA) is 66.4 Å². The minimum Gasteiger partial charge on any atom is -0.389 e. The molecule has 0 atom stereocenters. The molecule has 0 unspecified atom stereocenters. The number of aliphatic hydroxyl groups is 1. The van der Waals surface area contributed by atoms with E-state index in [0.717, 1.165) is 30.6 Å². The van der Waals surface area contributed by atoms with Crippen LogP contribution in [0.3, 0.4) is 0 Å². The molecule has 0 bridgehead atoms. The Labute approximate surface area is 118 Å². The highest BCUT2D eigenvalue weighted by atomic mass is 32.2. The highest BCUT2D eigenvalue weighted by Crippen LogP contribution is 2.28. The van der Waals surface area contributed by atoms with E-state index >= 15 is 0 Å². The highest BCUT2D eigenvalue weighted by Gasteiger charge is 2.31. The monoisotopic (exact) mass is 303 g/mol. The Bertz CT molecular complexity index is 516. The molecule has 1 heterocycles. The van der Waals surface area contributed by atoms with E-state index in [-0.39, 0.29) is 6.54 Å². The fraction of sp³-hybridized carbons (Fsp3) is 0.692. The van der Waals surface area contributed by atoms with Gasteiger partial charge < -0.3 is 5.11 Å². The molecule has 0 amide bonds. The van der Waals surface area contributed by atoms with Crippen molar-refractivity contribution >= 4 is 21.4 Å². The summed E-state index contributed by atoms with van der Waals surface area (Å²) >= 11 is 1.29. The van der Waals surface area contributed by atoms with Gasteiger partial charge in [-0.15, -0.1) is 11.3 Å². The summed E-state index contributed by atoms with van der Waals surface area (Å²) in [5.74, 6) is 0. The second-order valence-corrected chi connectivity index (χ2v) is 8.35. The maximum absolute atomic E-state index is 12.1. The molecule has 0 radical (unpaired) electrons. The highest BCUT2D eigenvalue weighted by molar-refractivity contribution is 7.91. The Hall–Kier alpha value is -0.430. The molecule has 108 valence electrons. The van der Waals surface area contributed by atoms with Gasteiger partial charge in [-0.3, -0.25) is 0 Å². The molecule has 2 rings (SSSR count). The molecule has 1 aromatic rings.